The molecule has 0 fully saturated rings. The van der Waals surface area contributed by atoms with Gasteiger partial charge in [-0.25, -0.2) is 0 Å². The third kappa shape index (κ3) is 5.54. The number of carbonyl (C=O) groups is 2. The van der Waals surface area contributed by atoms with Gasteiger partial charge in [0.25, 0.3) is 5.91 Å². The Morgan fingerprint density at radius 3 is 2.51 bits per heavy atom. The van der Waals surface area contributed by atoms with Crippen molar-refractivity contribution in [3.05, 3.63) is 71.8 Å². The molecular formula is C29H33NO4S. The van der Waals surface area contributed by atoms with Crippen LogP contribution in [0, 0.1) is 5.41 Å². The predicted molar refractivity (Wildman–Crippen MR) is 142 cm³/mol. The van der Waals surface area contributed by atoms with Crippen molar-refractivity contribution in [1.82, 2.24) is 0 Å². The minimum Gasteiger partial charge on any atom is -0.466 e. The van der Waals surface area contributed by atoms with E-state index in [1.807, 2.05) is 42.7 Å². The maximum Gasteiger partial charge on any atom is 0.308 e. The Kier molecular flexibility index (Phi) is 7.53. The van der Waals surface area contributed by atoms with Crippen LogP contribution in [0.25, 0.3) is 10.8 Å². The lowest BCUT2D eigenvalue weighted by Gasteiger charge is -2.31. The first-order valence-corrected chi connectivity index (χ1v) is 13.2. The van der Waals surface area contributed by atoms with Crippen LogP contribution < -0.4 is 4.90 Å². The Bertz CT molecular complexity index is 1230. The average molecular weight is 492 g/mol. The third-order valence-electron chi connectivity index (χ3n) is 6.05. The van der Waals surface area contributed by atoms with Gasteiger partial charge in [-0.3, -0.25) is 9.59 Å². The number of ether oxygens (including phenoxy) is 2. The summed E-state index contributed by atoms with van der Waals surface area (Å²) in [7, 11) is 0. The van der Waals surface area contributed by atoms with Gasteiger partial charge in [-0.15, -0.1) is 11.8 Å². The first-order chi connectivity index (χ1) is 16.7. The molecule has 0 N–H and O–H groups in total. The Hall–Kier alpha value is -2.83. The molecule has 0 saturated heterocycles. The van der Waals surface area contributed by atoms with Crippen molar-refractivity contribution < 1.29 is 19.1 Å². The smallest absolute Gasteiger partial charge is 0.308 e. The molecule has 3 aromatic rings. The maximum absolute atomic E-state index is 13.9. The lowest BCUT2D eigenvalue weighted by molar-refractivity contribution is -0.151. The summed E-state index contributed by atoms with van der Waals surface area (Å²) in [4.78, 5) is 29.3. The molecule has 3 aromatic carbocycles. The molecule has 0 radical (unpaired) electrons. The number of carbonyl (C=O) groups excluding carboxylic acids is 2. The van der Waals surface area contributed by atoms with Crippen LogP contribution in [-0.2, 0) is 19.1 Å². The van der Waals surface area contributed by atoms with Crippen LogP contribution in [0.3, 0.4) is 0 Å². The van der Waals surface area contributed by atoms with Crippen LogP contribution in [0.5, 0.6) is 0 Å². The summed E-state index contributed by atoms with van der Waals surface area (Å²) in [6.45, 7) is 8.83. The zero-order chi connectivity index (χ0) is 25.2. The second kappa shape index (κ2) is 10.4. The molecule has 6 heteroatoms. The fourth-order valence-electron chi connectivity index (χ4n) is 4.57. The van der Waals surface area contributed by atoms with Crippen LogP contribution in [0.15, 0.2) is 65.6 Å². The molecule has 4 rings (SSSR count). The summed E-state index contributed by atoms with van der Waals surface area (Å²) in [5.41, 5.74) is 2.57. The van der Waals surface area contributed by atoms with E-state index in [1.165, 1.54) is 0 Å². The van der Waals surface area contributed by atoms with Crippen molar-refractivity contribution in [3.8, 4) is 0 Å². The number of nitrogens with zero attached hydrogens (tertiary/aromatic N) is 1. The number of benzene rings is 3. The van der Waals surface area contributed by atoms with E-state index >= 15 is 0 Å². The van der Waals surface area contributed by atoms with Crippen molar-refractivity contribution in [2.24, 2.45) is 5.41 Å². The van der Waals surface area contributed by atoms with Gasteiger partial charge in [-0.2, -0.15) is 0 Å². The Balaban J connectivity index is 1.93. The molecule has 0 aliphatic carbocycles. The summed E-state index contributed by atoms with van der Waals surface area (Å²) in [6.07, 6.45) is 0.438. The van der Waals surface area contributed by atoms with Crippen molar-refractivity contribution in [2.75, 3.05) is 24.3 Å². The highest BCUT2D eigenvalue weighted by Crippen LogP contribution is 2.43. The van der Waals surface area contributed by atoms with Crippen molar-refractivity contribution in [1.29, 1.82) is 0 Å². The number of fused-ring (bicyclic) bond motifs is 2. The molecule has 2 atom stereocenters. The predicted octanol–water partition coefficient (Wildman–Crippen LogP) is 6.38. The van der Waals surface area contributed by atoms with Gasteiger partial charge in [0.05, 0.1) is 13.0 Å². The second-order valence-electron chi connectivity index (χ2n) is 9.99. The van der Waals surface area contributed by atoms with Crippen molar-refractivity contribution in [3.63, 3.8) is 0 Å². The van der Waals surface area contributed by atoms with Gasteiger partial charge < -0.3 is 14.4 Å². The molecule has 1 aliphatic heterocycles. The Labute approximate surface area is 211 Å². The van der Waals surface area contributed by atoms with E-state index in [0.29, 0.717) is 6.54 Å². The van der Waals surface area contributed by atoms with Gasteiger partial charge in [0.1, 0.15) is 12.2 Å². The topological polar surface area (TPSA) is 55.8 Å². The zero-order valence-corrected chi connectivity index (χ0v) is 21.9. The average Bonchev–Trinajstić information content (AvgIpc) is 2.93. The van der Waals surface area contributed by atoms with Crippen LogP contribution in [0.2, 0.25) is 0 Å². The molecule has 1 heterocycles. The van der Waals surface area contributed by atoms with Gasteiger partial charge in [0.15, 0.2) is 0 Å². The summed E-state index contributed by atoms with van der Waals surface area (Å²) in [5, 5.41) is 2.16. The second-order valence-corrected chi connectivity index (χ2v) is 10.9. The van der Waals surface area contributed by atoms with Crippen LogP contribution in [-0.4, -0.2) is 37.4 Å². The molecule has 0 unspecified atom stereocenters. The van der Waals surface area contributed by atoms with Gasteiger partial charge in [0, 0.05) is 22.7 Å². The third-order valence-corrected chi connectivity index (χ3v) is 6.77. The molecular weight excluding hydrogens is 458 g/mol. The SMILES string of the molecule is CCOC(=O)C[C@H]1O[C@H](c2cccc3ccccc23)c2cc(SC)ccc2N(CC(C)(C)C)C1=O. The molecule has 0 spiro atoms. The molecule has 0 saturated carbocycles. The van der Waals surface area contributed by atoms with Crippen LogP contribution in [0.1, 0.15) is 51.3 Å². The summed E-state index contributed by atoms with van der Waals surface area (Å²) in [6, 6.07) is 20.5. The van der Waals surface area contributed by atoms with E-state index < -0.39 is 18.2 Å². The number of esters is 1. The minimum atomic E-state index is -0.953. The van der Waals surface area contributed by atoms with E-state index in [1.54, 1.807) is 23.6 Å². The highest BCUT2D eigenvalue weighted by atomic mass is 32.2. The van der Waals surface area contributed by atoms with Crippen LogP contribution >= 0.6 is 11.8 Å². The fourth-order valence-corrected chi connectivity index (χ4v) is 5.02. The molecule has 35 heavy (non-hydrogen) atoms. The van der Waals surface area contributed by atoms with E-state index in [-0.39, 0.29) is 24.3 Å². The lowest BCUT2D eigenvalue weighted by atomic mass is 9.93. The molecule has 0 aromatic heterocycles. The van der Waals surface area contributed by atoms with E-state index in [9.17, 15) is 9.59 Å². The quantitative estimate of drug-likeness (QED) is 0.296. The van der Waals surface area contributed by atoms with E-state index in [0.717, 1.165) is 32.5 Å². The number of hydrogen-bond acceptors (Lipinski definition) is 5. The van der Waals surface area contributed by atoms with E-state index in [2.05, 4.69) is 45.0 Å². The first-order valence-electron chi connectivity index (χ1n) is 12.0. The fraction of sp³-hybridized carbons (Fsp3) is 0.379. The van der Waals surface area contributed by atoms with Gasteiger partial charge >= 0.3 is 5.97 Å². The van der Waals surface area contributed by atoms with Gasteiger partial charge in [-0.05, 0) is 53.1 Å². The maximum atomic E-state index is 13.9. The highest BCUT2D eigenvalue weighted by molar-refractivity contribution is 7.98. The molecule has 1 aliphatic rings. The number of amides is 1. The minimum absolute atomic E-state index is 0.127. The van der Waals surface area contributed by atoms with E-state index in [4.69, 9.17) is 9.47 Å². The van der Waals surface area contributed by atoms with Gasteiger partial charge in [0.2, 0.25) is 0 Å². The lowest BCUT2D eigenvalue weighted by Crippen LogP contribution is -2.44. The molecule has 0 bridgehead atoms. The standard InChI is InChI=1S/C29H33NO4S/c1-6-33-26(31)17-25-28(32)30(18-29(2,3)4)24-15-14-20(35-5)16-23(24)27(34-25)22-13-9-11-19-10-7-8-12-21(19)22/h7-16,25,27H,6,17-18H2,1-5H3/t25-,27-/m1/s1. The molecule has 184 valence electrons. The Morgan fingerprint density at radius 1 is 1.06 bits per heavy atom. The monoisotopic (exact) mass is 491 g/mol. The summed E-state index contributed by atoms with van der Waals surface area (Å²) >= 11 is 1.65. The number of rotatable bonds is 6. The number of thioether (sulfide) groups is 1. The normalized spacial score (nSPS) is 18.3. The first kappa shape index (κ1) is 25.3. The largest absolute Gasteiger partial charge is 0.466 e. The molecule has 5 nitrogen and oxygen atoms in total. The van der Waals surface area contributed by atoms with Crippen LogP contribution in [0.4, 0.5) is 5.69 Å². The van der Waals surface area contributed by atoms with Crippen molar-refractivity contribution >= 4 is 40.1 Å². The molecule has 1 amide bonds. The number of hydrogen-bond donors (Lipinski definition) is 0. The van der Waals surface area contributed by atoms with Crippen molar-refractivity contribution in [2.45, 2.75) is 51.2 Å². The number of anilines is 1. The summed E-state index contributed by atoms with van der Waals surface area (Å²) < 4.78 is 11.8. The summed E-state index contributed by atoms with van der Waals surface area (Å²) in [5.74, 6) is -0.650. The zero-order valence-electron chi connectivity index (χ0n) is 21.0. The highest BCUT2D eigenvalue weighted by Gasteiger charge is 2.39. The Morgan fingerprint density at radius 2 is 1.80 bits per heavy atom. The van der Waals surface area contributed by atoms with Gasteiger partial charge in [-0.1, -0.05) is 63.2 Å².